The summed E-state index contributed by atoms with van der Waals surface area (Å²) in [5.74, 6) is -8.55. The third-order valence-electron chi connectivity index (χ3n) is 7.75. The molecule has 42 heavy (non-hydrogen) atoms. The van der Waals surface area contributed by atoms with Crippen molar-refractivity contribution < 1.29 is 37.1 Å². The summed E-state index contributed by atoms with van der Waals surface area (Å²) in [7, 11) is 0. The van der Waals surface area contributed by atoms with Crippen molar-refractivity contribution in [3.8, 4) is 0 Å². The molecule has 0 spiro atoms. The molecule has 1 aliphatic heterocycles. The Balaban J connectivity index is 1.50. The number of hydrogen-bond donors (Lipinski definition) is 4. The monoisotopic (exact) mass is 594 g/mol. The highest BCUT2D eigenvalue weighted by Crippen LogP contribution is 2.41. The molecule has 1 aliphatic carbocycles. The van der Waals surface area contributed by atoms with Crippen LogP contribution in [0.2, 0.25) is 0 Å². The maximum atomic E-state index is 14.0. The predicted octanol–water partition coefficient (Wildman–Crippen LogP) is 3.65. The lowest BCUT2D eigenvalue weighted by atomic mass is 9.81. The minimum Gasteiger partial charge on any atom is -0.465 e. The Morgan fingerprint density at radius 2 is 1.95 bits per heavy atom. The summed E-state index contributed by atoms with van der Waals surface area (Å²) in [5, 5.41) is 25.1. The molecule has 2 aliphatic rings. The molecule has 2 fully saturated rings. The third-order valence-corrected chi connectivity index (χ3v) is 7.75. The van der Waals surface area contributed by atoms with Crippen LogP contribution in [0.25, 0.3) is 5.65 Å². The number of aromatic nitrogens is 5. The smallest absolute Gasteiger partial charge is 0.409 e. The molecule has 12 nitrogen and oxygen atoms in total. The second kappa shape index (κ2) is 11.2. The Kier molecular flexibility index (Phi) is 7.81. The van der Waals surface area contributed by atoms with Crippen LogP contribution in [0, 0.1) is 11.8 Å². The van der Waals surface area contributed by atoms with Gasteiger partial charge < -0.3 is 15.7 Å². The molecule has 3 aromatic rings. The number of anilines is 1. The van der Waals surface area contributed by atoms with E-state index in [9.17, 15) is 37.1 Å². The van der Waals surface area contributed by atoms with Crippen LogP contribution in [0.1, 0.15) is 66.9 Å². The van der Waals surface area contributed by atoms with Gasteiger partial charge in [-0.2, -0.15) is 10.2 Å². The number of piperidine rings is 1. The third kappa shape index (κ3) is 6.31. The average Bonchev–Trinajstić information content (AvgIpc) is 3.56. The van der Waals surface area contributed by atoms with Crippen LogP contribution < -0.4 is 16.0 Å². The number of rotatable bonds is 8. The van der Waals surface area contributed by atoms with E-state index >= 15 is 0 Å². The van der Waals surface area contributed by atoms with Crippen molar-refractivity contribution in [2.45, 2.75) is 69.9 Å². The second-order valence-corrected chi connectivity index (χ2v) is 10.8. The van der Waals surface area contributed by atoms with Crippen molar-refractivity contribution in [3.63, 3.8) is 0 Å². The van der Waals surface area contributed by atoms with Crippen molar-refractivity contribution in [1.82, 2.24) is 35.0 Å². The molecule has 3 amide bonds. The predicted molar refractivity (Wildman–Crippen MR) is 139 cm³/mol. The fraction of sp³-hybridized carbons (Fsp3) is 0.538. The van der Waals surface area contributed by atoms with E-state index in [4.69, 9.17) is 0 Å². The van der Waals surface area contributed by atoms with Crippen LogP contribution in [-0.2, 0) is 17.8 Å². The number of hydrogen-bond acceptors (Lipinski definition) is 6. The Labute approximate surface area is 236 Å². The van der Waals surface area contributed by atoms with E-state index in [1.165, 1.54) is 33.7 Å². The van der Waals surface area contributed by atoms with Crippen LogP contribution in [0.3, 0.4) is 0 Å². The largest absolute Gasteiger partial charge is 0.465 e. The molecule has 16 heteroatoms. The van der Waals surface area contributed by atoms with Crippen molar-refractivity contribution in [3.05, 3.63) is 41.6 Å². The number of nitrogens with one attached hydrogen (secondary N) is 3. The van der Waals surface area contributed by atoms with E-state index in [0.717, 1.165) is 0 Å². The van der Waals surface area contributed by atoms with Crippen LogP contribution in [0.4, 0.5) is 28.0 Å². The first-order chi connectivity index (χ1) is 19.8. The minimum absolute atomic E-state index is 0.0384. The number of carbonyl (C=O) groups is 3. The number of aryl methyl sites for hydroxylation is 1. The average molecular weight is 595 g/mol. The molecule has 226 valence electrons. The Bertz CT molecular complexity index is 1500. The van der Waals surface area contributed by atoms with Crippen molar-refractivity contribution >= 4 is 29.2 Å². The van der Waals surface area contributed by atoms with Crippen molar-refractivity contribution in [2.24, 2.45) is 11.8 Å². The van der Waals surface area contributed by atoms with Crippen LogP contribution >= 0.6 is 0 Å². The molecule has 1 unspecified atom stereocenters. The molecule has 0 radical (unpaired) electrons. The highest BCUT2D eigenvalue weighted by atomic mass is 19.3. The number of nitrogens with zero attached hydrogens (tertiary/aromatic N) is 5. The summed E-state index contributed by atoms with van der Waals surface area (Å²) < 4.78 is 58.8. The number of imidazole rings is 1. The Morgan fingerprint density at radius 3 is 2.64 bits per heavy atom. The molecule has 0 aromatic carbocycles. The quantitative estimate of drug-likeness (QED) is 0.290. The fourth-order valence-corrected chi connectivity index (χ4v) is 5.61. The SMILES string of the molecule is CCn1nccc1C(=O)N[C@H](c1cn2nc(CC3CC(F)(F)CNC3=O)c(NC(=O)O)cc2n1)C1CCC(F)(F)CC1. The zero-order valence-corrected chi connectivity index (χ0v) is 22.6. The molecular formula is C26H30F4N8O4. The van der Waals surface area contributed by atoms with Crippen LogP contribution in [-0.4, -0.2) is 65.8 Å². The van der Waals surface area contributed by atoms with Gasteiger partial charge in [-0.3, -0.25) is 19.6 Å². The summed E-state index contributed by atoms with van der Waals surface area (Å²) in [6.45, 7) is 1.47. The molecule has 4 heterocycles. The van der Waals surface area contributed by atoms with E-state index in [2.05, 4.69) is 31.1 Å². The first-order valence-electron chi connectivity index (χ1n) is 13.6. The zero-order valence-electron chi connectivity index (χ0n) is 22.6. The number of carbonyl (C=O) groups excluding carboxylic acids is 2. The molecule has 1 saturated carbocycles. The molecular weight excluding hydrogens is 564 g/mol. The van der Waals surface area contributed by atoms with Gasteiger partial charge in [-0.05, 0) is 31.7 Å². The first-order valence-corrected chi connectivity index (χ1v) is 13.6. The summed E-state index contributed by atoms with van der Waals surface area (Å²) >= 11 is 0. The number of carboxylic acid groups (broad SMARTS) is 1. The van der Waals surface area contributed by atoms with E-state index in [0.29, 0.717) is 12.2 Å². The summed E-state index contributed by atoms with van der Waals surface area (Å²) in [5.41, 5.74) is 0.738. The number of alkyl halides is 4. The van der Waals surface area contributed by atoms with Crippen molar-refractivity contribution in [1.29, 1.82) is 0 Å². The second-order valence-electron chi connectivity index (χ2n) is 10.8. The maximum Gasteiger partial charge on any atom is 0.409 e. The topological polar surface area (TPSA) is 156 Å². The van der Waals surface area contributed by atoms with Gasteiger partial charge >= 0.3 is 6.09 Å². The number of halogens is 4. The summed E-state index contributed by atoms with van der Waals surface area (Å²) in [6.07, 6.45) is 0.0456. The van der Waals surface area contributed by atoms with Gasteiger partial charge in [0.15, 0.2) is 5.65 Å². The number of fused-ring (bicyclic) bond motifs is 1. The van der Waals surface area contributed by atoms with Gasteiger partial charge in [0.05, 0.1) is 35.9 Å². The molecule has 3 aromatic heterocycles. The van der Waals surface area contributed by atoms with Gasteiger partial charge in [0.2, 0.25) is 11.8 Å². The van der Waals surface area contributed by atoms with E-state index < -0.39 is 54.7 Å². The lowest BCUT2D eigenvalue weighted by Crippen LogP contribution is -2.48. The molecule has 5 rings (SSSR count). The standard InChI is InChI=1S/C26H30F4N8O4/c1-2-37-19(5-8-32-37)23(40)35-21(14-3-6-25(27,28)7-4-14)18-12-38-20(33-18)10-16(34-24(41)42)17(36-38)9-15-11-26(29,30)13-31-22(15)39/h5,8,10,12,14-15,21,34H,2-4,6-7,9,11,13H2,1H3,(H,31,39)(H,35,40)(H,41,42)/t15?,21-/m0/s1. The first kappa shape index (κ1) is 29.3. The fourth-order valence-electron chi connectivity index (χ4n) is 5.61. The van der Waals surface area contributed by atoms with Gasteiger partial charge in [0.25, 0.3) is 11.8 Å². The van der Waals surface area contributed by atoms with Crippen LogP contribution in [0.15, 0.2) is 24.5 Å². The highest BCUT2D eigenvalue weighted by Gasteiger charge is 2.42. The molecule has 4 N–H and O–H groups in total. The van der Waals surface area contributed by atoms with Gasteiger partial charge in [0.1, 0.15) is 5.69 Å². The Hall–Kier alpha value is -4.24. The van der Waals surface area contributed by atoms with Gasteiger partial charge in [0, 0.05) is 50.4 Å². The summed E-state index contributed by atoms with van der Waals surface area (Å²) in [4.78, 5) is 41.6. The van der Waals surface area contributed by atoms with Crippen LogP contribution in [0.5, 0.6) is 0 Å². The van der Waals surface area contributed by atoms with Gasteiger partial charge in [-0.25, -0.2) is 31.9 Å². The number of amides is 3. The minimum atomic E-state index is -3.12. The summed E-state index contributed by atoms with van der Waals surface area (Å²) in [6, 6.07) is 2.09. The molecule has 1 saturated heterocycles. The zero-order chi connectivity index (χ0) is 30.2. The Morgan fingerprint density at radius 1 is 1.21 bits per heavy atom. The highest BCUT2D eigenvalue weighted by molar-refractivity contribution is 5.92. The normalized spacial score (nSPS) is 21.1. The van der Waals surface area contributed by atoms with E-state index in [-0.39, 0.29) is 60.7 Å². The van der Waals surface area contributed by atoms with Crippen molar-refractivity contribution in [2.75, 3.05) is 11.9 Å². The lowest BCUT2D eigenvalue weighted by Gasteiger charge is -2.33. The van der Waals surface area contributed by atoms with Gasteiger partial charge in [-0.1, -0.05) is 0 Å². The maximum absolute atomic E-state index is 14.0. The lowest BCUT2D eigenvalue weighted by molar-refractivity contribution is -0.136. The van der Waals surface area contributed by atoms with Gasteiger partial charge in [-0.15, -0.1) is 0 Å². The molecule has 2 atom stereocenters. The van der Waals surface area contributed by atoms with E-state index in [1.54, 1.807) is 0 Å². The van der Waals surface area contributed by atoms with E-state index in [1.807, 2.05) is 6.92 Å². The molecule has 0 bridgehead atoms.